The third-order valence-corrected chi connectivity index (χ3v) is 3.33. The first-order chi connectivity index (χ1) is 7.16. The summed E-state index contributed by atoms with van der Waals surface area (Å²) in [5, 5.41) is 12.7. The van der Waals surface area contributed by atoms with Crippen molar-refractivity contribution in [3.63, 3.8) is 0 Å². The molecule has 0 saturated heterocycles. The fourth-order valence-electron chi connectivity index (χ4n) is 1.38. The van der Waals surface area contributed by atoms with Crippen molar-refractivity contribution in [2.45, 2.75) is 25.9 Å². The van der Waals surface area contributed by atoms with Crippen LogP contribution in [0.15, 0.2) is 10.7 Å². The Bertz CT molecular complexity index is 355. The molecule has 2 rings (SSSR count). The Morgan fingerprint density at radius 1 is 1.67 bits per heavy atom. The van der Waals surface area contributed by atoms with Crippen LogP contribution < -0.4 is 5.32 Å². The van der Waals surface area contributed by atoms with Gasteiger partial charge in [-0.05, 0) is 41.6 Å². The molecule has 4 nitrogen and oxygen atoms in total. The minimum absolute atomic E-state index is 0.266. The number of halogens is 1. The molecule has 0 spiro atoms. The van der Waals surface area contributed by atoms with Gasteiger partial charge in [0.15, 0.2) is 0 Å². The number of hydrogen-bond acceptors (Lipinski definition) is 4. The number of aliphatic hydroxyl groups is 1. The molecule has 1 unspecified atom stereocenters. The second kappa shape index (κ2) is 4.45. The predicted octanol–water partition coefficient (Wildman–Crippen LogP) is 1.73. The lowest BCUT2D eigenvalue weighted by atomic mass is 10.2. The van der Waals surface area contributed by atoms with Crippen molar-refractivity contribution in [2.24, 2.45) is 5.92 Å². The molecule has 0 bridgehead atoms. The Kier molecular flexibility index (Phi) is 3.21. The summed E-state index contributed by atoms with van der Waals surface area (Å²) in [7, 11) is 0. The zero-order chi connectivity index (χ0) is 10.8. The number of aliphatic hydroxyl groups excluding tert-OH is 1. The Labute approximate surface area is 97.3 Å². The summed E-state index contributed by atoms with van der Waals surface area (Å²) in [5.41, 5.74) is 0.897. The Balaban J connectivity index is 1.89. The van der Waals surface area contributed by atoms with E-state index in [9.17, 15) is 5.11 Å². The van der Waals surface area contributed by atoms with Gasteiger partial charge in [0.25, 0.3) is 0 Å². The molecule has 2 N–H and O–H groups in total. The summed E-state index contributed by atoms with van der Waals surface area (Å²) < 4.78 is 0.899. The van der Waals surface area contributed by atoms with Crippen LogP contribution in [0.4, 0.5) is 5.95 Å². The van der Waals surface area contributed by atoms with E-state index in [-0.39, 0.29) is 6.10 Å². The number of aryl methyl sites for hydroxylation is 1. The van der Waals surface area contributed by atoms with Gasteiger partial charge in [-0.25, -0.2) is 9.97 Å². The molecule has 15 heavy (non-hydrogen) atoms. The number of anilines is 1. The fraction of sp³-hybridized carbons (Fsp3) is 0.600. The van der Waals surface area contributed by atoms with Crippen molar-refractivity contribution < 1.29 is 5.11 Å². The van der Waals surface area contributed by atoms with Crippen LogP contribution in [0.1, 0.15) is 18.5 Å². The average Bonchev–Trinajstić information content (AvgIpc) is 3.03. The van der Waals surface area contributed by atoms with Crippen molar-refractivity contribution in [2.75, 3.05) is 11.9 Å². The first-order valence-corrected chi connectivity index (χ1v) is 5.87. The van der Waals surface area contributed by atoms with E-state index in [1.807, 2.05) is 6.92 Å². The zero-order valence-electron chi connectivity index (χ0n) is 8.57. The normalized spacial score (nSPS) is 17.5. The first kappa shape index (κ1) is 10.8. The maximum atomic E-state index is 9.65. The van der Waals surface area contributed by atoms with Gasteiger partial charge in [-0.2, -0.15) is 0 Å². The molecular weight excluding hydrogens is 258 g/mol. The first-order valence-electron chi connectivity index (χ1n) is 5.08. The third kappa shape index (κ3) is 2.89. The Morgan fingerprint density at radius 3 is 3.00 bits per heavy atom. The van der Waals surface area contributed by atoms with Gasteiger partial charge in [0.2, 0.25) is 5.95 Å². The van der Waals surface area contributed by atoms with Crippen molar-refractivity contribution in [3.05, 3.63) is 16.4 Å². The van der Waals surface area contributed by atoms with Gasteiger partial charge in [0.1, 0.15) is 0 Å². The summed E-state index contributed by atoms with van der Waals surface area (Å²) in [5.74, 6) is 1.06. The number of hydrogen-bond donors (Lipinski definition) is 2. The monoisotopic (exact) mass is 271 g/mol. The maximum absolute atomic E-state index is 9.65. The number of nitrogens with zero attached hydrogens (tertiary/aromatic N) is 2. The molecule has 1 aromatic rings. The van der Waals surface area contributed by atoms with Crippen LogP contribution in [0, 0.1) is 12.8 Å². The summed E-state index contributed by atoms with van der Waals surface area (Å²) in [4.78, 5) is 8.35. The number of nitrogens with one attached hydrogen (secondary N) is 1. The van der Waals surface area contributed by atoms with Crippen molar-refractivity contribution >= 4 is 21.9 Å². The van der Waals surface area contributed by atoms with E-state index in [1.54, 1.807) is 6.20 Å². The molecule has 1 heterocycles. The van der Waals surface area contributed by atoms with Crippen LogP contribution in [0.2, 0.25) is 0 Å². The van der Waals surface area contributed by atoms with E-state index in [1.165, 1.54) is 0 Å². The second-order valence-corrected chi connectivity index (χ2v) is 4.77. The molecule has 82 valence electrons. The molecule has 1 aliphatic rings. The van der Waals surface area contributed by atoms with E-state index in [2.05, 4.69) is 31.2 Å². The molecule has 0 radical (unpaired) electrons. The predicted molar refractivity (Wildman–Crippen MR) is 61.7 cm³/mol. The van der Waals surface area contributed by atoms with Crippen molar-refractivity contribution in [1.29, 1.82) is 0 Å². The van der Waals surface area contributed by atoms with Crippen LogP contribution in [-0.4, -0.2) is 27.7 Å². The summed E-state index contributed by atoms with van der Waals surface area (Å²) in [6.45, 7) is 2.44. The largest absolute Gasteiger partial charge is 0.391 e. The van der Waals surface area contributed by atoms with E-state index < -0.39 is 0 Å². The van der Waals surface area contributed by atoms with Gasteiger partial charge in [-0.15, -0.1) is 0 Å². The zero-order valence-corrected chi connectivity index (χ0v) is 10.2. The van der Waals surface area contributed by atoms with E-state index in [0.717, 1.165) is 23.0 Å². The molecule has 1 aromatic heterocycles. The molecule has 1 atom stereocenters. The third-order valence-electron chi connectivity index (χ3n) is 2.55. The minimum atomic E-state index is -0.266. The van der Waals surface area contributed by atoms with Crippen LogP contribution >= 0.6 is 15.9 Å². The lowest BCUT2D eigenvalue weighted by Crippen LogP contribution is -2.22. The van der Waals surface area contributed by atoms with Crippen molar-refractivity contribution in [3.8, 4) is 0 Å². The van der Waals surface area contributed by atoms with E-state index >= 15 is 0 Å². The van der Waals surface area contributed by atoms with Gasteiger partial charge in [0, 0.05) is 12.7 Å². The highest BCUT2D eigenvalue weighted by atomic mass is 79.9. The topological polar surface area (TPSA) is 58.0 Å². The molecule has 1 aliphatic carbocycles. The smallest absolute Gasteiger partial charge is 0.223 e. The average molecular weight is 272 g/mol. The number of rotatable bonds is 4. The van der Waals surface area contributed by atoms with Gasteiger partial charge in [-0.1, -0.05) is 0 Å². The molecule has 1 fully saturated rings. The summed E-state index contributed by atoms with van der Waals surface area (Å²) >= 11 is 3.34. The lowest BCUT2D eigenvalue weighted by molar-refractivity contribution is 0.164. The standard InChI is InChI=1S/C10H14BrN3O/c1-6-8(11)4-12-10(14-6)13-5-9(15)7-2-3-7/h4,7,9,15H,2-3,5H2,1H3,(H,12,13,14). The molecule has 1 saturated carbocycles. The highest BCUT2D eigenvalue weighted by Crippen LogP contribution is 2.32. The molecule has 0 amide bonds. The summed E-state index contributed by atoms with van der Waals surface area (Å²) in [6, 6.07) is 0. The Morgan fingerprint density at radius 2 is 2.40 bits per heavy atom. The highest BCUT2D eigenvalue weighted by Gasteiger charge is 2.29. The van der Waals surface area contributed by atoms with E-state index in [4.69, 9.17) is 0 Å². The van der Waals surface area contributed by atoms with E-state index in [0.29, 0.717) is 18.4 Å². The quantitative estimate of drug-likeness (QED) is 0.876. The molecule has 5 heteroatoms. The van der Waals surface area contributed by atoms with Crippen LogP contribution in [-0.2, 0) is 0 Å². The SMILES string of the molecule is Cc1nc(NCC(O)C2CC2)ncc1Br. The second-order valence-electron chi connectivity index (χ2n) is 3.91. The van der Waals surface area contributed by atoms with Gasteiger partial charge in [-0.3, -0.25) is 0 Å². The lowest BCUT2D eigenvalue weighted by Gasteiger charge is -2.10. The highest BCUT2D eigenvalue weighted by molar-refractivity contribution is 9.10. The minimum Gasteiger partial charge on any atom is -0.391 e. The Hall–Kier alpha value is -0.680. The molecule has 0 aromatic carbocycles. The van der Waals surface area contributed by atoms with Gasteiger partial charge >= 0.3 is 0 Å². The molecular formula is C10H14BrN3O. The van der Waals surface area contributed by atoms with Crippen LogP contribution in [0.3, 0.4) is 0 Å². The van der Waals surface area contributed by atoms with Crippen LogP contribution in [0.5, 0.6) is 0 Å². The van der Waals surface area contributed by atoms with Gasteiger partial charge < -0.3 is 10.4 Å². The van der Waals surface area contributed by atoms with Gasteiger partial charge in [0.05, 0.1) is 16.3 Å². The fourth-order valence-corrected chi connectivity index (χ4v) is 1.57. The maximum Gasteiger partial charge on any atom is 0.223 e. The number of aromatic nitrogens is 2. The molecule has 0 aliphatic heterocycles. The van der Waals surface area contributed by atoms with Crippen LogP contribution in [0.25, 0.3) is 0 Å². The van der Waals surface area contributed by atoms with Crippen molar-refractivity contribution in [1.82, 2.24) is 9.97 Å². The summed E-state index contributed by atoms with van der Waals surface area (Å²) in [6.07, 6.45) is 3.73.